The second kappa shape index (κ2) is 6.25. The third-order valence-electron chi connectivity index (χ3n) is 3.99. The first-order valence-corrected chi connectivity index (χ1v) is 7.81. The summed E-state index contributed by atoms with van der Waals surface area (Å²) in [6.07, 6.45) is 5.73. The molecule has 1 aliphatic rings. The minimum Gasteiger partial charge on any atom is -0.340 e. The molecule has 1 amide bonds. The molecule has 2 aromatic heterocycles. The SMILES string of the molecule is CCn1ncnc1[C@H](C)NC(=O)c1nnc2n1CCCCC2. The van der Waals surface area contributed by atoms with E-state index in [0.29, 0.717) is 5.82 Å². The van der Waals surface area contributed by atoms with Crippen LogP contribution in [0.2, 0.25) is 0 Å². The van der Waals surface area contributed by atoms with Crippen molar-refractivity contribution in [3.8, 4) is 0 Å². The summed E-state index contributed by atoms with van der Waals surface area (Å²) >= 11 is 0. The maximum atomic E-state index is 12.5. The zero-order chi connectivity index (χ0) is 15.5. The second-order valence-corrected chi connectivity index (χ2v) is 5.53. The molecule has 0 aromatic carbocycles. The first-order chi connectivity index (χ1) is 10.7. The van der Waals surface area contributed by atoms with Gasteiger partial charge in [-0.1, -0.05) is 6.42 Å². The van der Waals surface area contributed by atoms with Crippen LogP contribution in [-0.4, -0.2) is 35.4 Å². The van der Waals surface area contributed by atoms with Gasteiger partial charge in [-0.15, -0.1) is 10.2 Å². The second-order valence-electron chi connectivity index (χ2n) is 5.53. The summed E-state index contributed by atoms with van der Waals surface area (Å²) in [5.41, 5.74) is 0. The van der Waals surface area contributed by atoms with Crippen molar-refractivity contribution in [3.05, 3.63) is 23.8 Å². The summed E-state index contributed by atoms with van der Waals surface area (Å²) in [5, 5.41) is 15.3. The molecular formula is C14H21N7O. The number of aryl methyl sites for hydroxylation is 2. The molecule has 0 fully saturated rings. The van der Waals surface area contributed by atoms with E-state index >= 15 is 0 Å². The molecule has 2 aromatic rings. The van der Waals surface area contributed by atoms with Crippen molar-refractivity contribution in [2.24, 2.45) is 0 Å². The summed E-state index contributed by atoms with van der Waals surface area (Å²) in [4.78, 5) is 16.7. The summed E-state index contributed by atoms with van der Waals surface area (Å²) in [6.45, 7) is 5.42. The number of carbonyl (C=O) groups is 1. The van der Waals surface area contributed by atoms with Gasteiger partial charge in [-0.25, -0.2) is 9.67 Å². The van der Waals surface area contributed by atoms with E-state index in [1.807, 2.05) is 18.4 Å². The summed E-state index contributed by atoms with van der Waals surface area (Å²) in [6, 6.07) is -0.228. The molecule has 8 nitrogen and oxygen atoms in total. The molecule has 0 radical (unpaired) electrons. The van der Waals surface area contributed by atoms with Crippen LogP contribution in [0.5, 0.6) is 0 Å². The molecule has 0 aliphatic carbocycles. The molecule has 118 valence electrons. The fourth-order valence-electron chi connectivity index (χ4n) is 2.83. The maximum Gasteiger partial charge on any atom is 0.289 e. The molecule has 0 saturated heterocycles. The average molecular weight is 303 g/mol. The highest BCUT2D eigenvalue weighted by Gasteiger charge is 2.23. The van der Waals surface area contributed by atoms with Crippen LogP contribution in [0.15, 0.2) is 6.33 Å². The van der Waals surface area contributed by atoms with Crippen molar-refractivity contribution in [1.82, 2.24) is 34.8 Å². The molecule has 3 heterocycles. The number of nitrogens with zero attached hydrogens (tertiary/aromatic N) is 6. The molecule has 8 heteroatoms. The number of hydrogen-bond acceptors (Lipinski definition) is 5. The van der Waals surface area contributed by atoms with Crippen molar-refractivity contribution >= 4 is 5.91 Å². The van der Waals surface area contributed by atoms with Gasteiger partial charge >= 0.3 is 0 Å². The average Bonchev–Trinajstić information content (AvgIpc) is 3.08. The Morgan fingerprint density at radius 1 is 1.36 bits per heavy atom. The van der Waals surface area contributed by atoms with E-state index in [0.717, 1.165) is 44.0 Å². The normalized spacial score (nSPS) is 15.9. The van der Waals surface area contributed by atoms with Gasteiger partial charge in [-0.2, -0.15) is 5.10 Å². The monoisotopic (exact) mass is 303 g/mol. The smallest absolute Gasteiger partial charge is 0.289 e. The van der Waals surface area contributed by atoms with Gasteiger partial charge in [-0.05, 0) is 26.7 Å². The highest BCUT2D eigenvalue weighted by atomic mass is 16.2. The van der Waals surface area contributed by atoms with Gasteiger partial charge < -0.3 is 9.88 Å². The van der Waals surface area contributed by atoms with Crippen LogP contribution in [0.3, 0.4) is 0 Å². The topological polar surface area (TPSA) is 90.5 Å². The van der Waals surface area contributed by atoms with E-state index in [9.17, 15) is 4.79 Å². The lowest BCUT2D eigenvalue weighted by Gasteiger charge is -2.14. The van der Waals surface area contributed by atoms with Gasteiger partial charge in [0.1, 0.15) is 18.0 Å². The third-order valence-corrected chi connectivity index (χ3v) is 3.99. The quantitative estimate of drug-likeness (QED) is 0.913. The number of carbonyl (C=O) groups excluding carboxylic acids is 1. The highest BCUT2D eigenvalue weighted by molar-refractivity contribution is 5.90. The van der Waals surface area contributed by atoms with E-state index in [2.05, 4.69) is 25.6 Å². The molecule has 1 atom stereocenters. The first-order valence-electron chi connectivity index (χ1n) is 7.81. The molecule has 1 N–H and O–H groups in total. The molecule has 0 saturated carbocycles. The molecule has 0 unspecified atom stereocenters. The minimum absolute atomic E-state index is 0.209. The highest BCUT2D eigenvalue weighted by Crippen LogP contribution is 2.15. The Balaban J connectivity index is 1.76. The number of fused-ring (bicyclic) bond motifs is 1. The molecular weight excluding hydrogens is 282 g/mol. The standard InChI is InChI=1S/C14H21N7O/c1-3-21-12(15-9-16-21)10(2)17-14(22)13-19-18-11-7-5-4-6-8-20(11)13/h9-10H,3-8H2,1-2H3,(H,17,22)/t10-/m0/s1. The van der Waals surface area contributed by atoms with Gasteiger partial charge in [0.2, 0.25) is 5.82 Å². The van der Waals surface area contributed by atoms with Crippen LogP contribution < -0.4 is 5.32 Å². The number of hydrogen-bond donors (Lipinski definition) is 1. The van der Waals surface area contributed by atoms with Crippen molar-refractivity contribution < 1.29 is 4.79 Å². The van der Waals surface area contributed by atoms with Crippen LogP contribution in [0.25, 0.3) is 0 Å². The number of amides is 1. The van der Waals surface area contributed by atoms with Gasteiger partial charge in [0, 0.05) is 19.5 Å². The molecule has 3 rings (SSSR count). The zero-order valence-electron chi connectivity index (χ0n) is 13.0. The molecule has 0 bridgehead atoms. The fraction of sp³-hybridized carbons (Fsp3) is 0.643. The van der Waals surface area contributed by atoms with E-state index < -0.39 is 0 Å². The summed E-state index contributed by atoms with van der Waals surface area (Å²) < 4.78 is 3.72. The predicted octanol–water partition coefficient (Wildman–Crippen LogP) is 1.11. The van der Waals surface area contributed by atoms with Crippen molar-refractivity contribution in [3.63, 3.8) is 0 Å². The van der Waals surface area contributed by atoms with Gasteiger partial charge in [0.25, 0.3) is 5.91 Å². The molecule has 0 spiro atoms. The summed E-state index contributed by atoms with van der Waals surface area (Å²) in [5.74, 6) is 1.84. The van der Waals surface area contributed by atoms with Crippen LogP contribution in [0, 0.1) is 0 Å². The van der Waals surface area contributed by atoms with Gasteiger partial charge in [0.15, 0.2) is 0 Å². The van der Waals surface area contributed by atoms with Crippen molar-refractivity contribution in [1.29, 1.82) is 0 Å². The number of aromatic nitrogens is 6. The Bertz CT molecular complexity index is 660. The van der Waals surface area contributed by atoms with Crippen LogP contribution in [-0.2, 0) is 19.5 Å². The van der Waals surface area contributed by atoms with Crippen LogP contribution >= 0.6 is 0 Å². The number of rotatable bonds is 4. The minimum atomic E-state index is -0.228. The lowest BCUT2D eigenvalue weighted by Crippen LogP contribution is -2.31. The Hall–Kier alpha value is -2.25. The predicted molar refractivity (Wildman–Crippen MR) is 79.2 cm³/mol. The van der Waals surface area contributed by atoms with E-state index in [1.165, 1.54) is 12.7 Å². The fourth-order valence-corrected chi connectivity index (χ4v) is 2.83. The van der Waals surface area contributed by atoms with E-state index in [4.69, 9.17) is 0 Å². The lowest BCUT2D eigenvalue weighted by atomic mass is 10.2. The third kappa shape index (κ3) is 2.72. The Morgan fingerprint density at radius 3 is 3.05 bits per heavy atom. The Morgan fingerprint density at radius 2 is 2.23 bits per heavy atom. The molecule has 1 aliphatic heterocycles. The Labute approximate surface area is 128 Å². The lowest BCUT2D eigenvalue weighted by molar-refractivity contribution is 0.0921. The Kier molecular flexibility index (Phi) is 4.17. The van der Waals surface area contributed by atoms with Crippen LogP contribution in [0.4, 0.5) is 0 Å². The van der Waals surface area contributed by atoms with Gasteiger partial charge in [0.05, 0.1) is 6.04 Å². The maximum absolute atomic E-state index is 12.5. The largest absolute Gasteiger partial charge is 0.340 e. The van der Waals surface area contributed by atoms with Crippen LogP contribution in [0.1, 0.15) is 61.4 Å². The summed E-state index contributed by atoms with van der Waals surface area (Å²) in [7, 11) is 0. The van der Waals surface area contributed by atoms with Crippen molar-refractivity contribution in [2.75, 3.05) is 0 Å². The van der Waals surface area contributed by atoms with E-state index in [-0.39, 0.29) is 11.9 Å². The van der Waals surface area contributed by atoms with E-state index in [1.54, 1.807) is 4.68 Å². The van der Waals surface area contributed by atoms with Crippen molar-refractivity contribution in [2.45, 2.75) is 58.7 Å². The molecule has 22 heavy (non-hydrogen) atoms. The first kappa shape index (κ1) is 14.7. The zero-order valence-corrected chi connectivity index (χ0v) is 13.0. The number of nitrogens with one attached hydrogen (secondary N) is 1. The van der Waals surface area contributed by atoms with Gasteiger partial charge in [-0.3, -0.25) is 4.79 Å².